The Morgan fingerprint density at radius 3 is 2.76 bits per heavy atom. The summed E-state index contributed by atoms with van der Waals surface area (Å²) in [7, 11) is 1.60. The van der Waals surface area contributed by atoms with Crippen molar-refractivity contribution in [1.29, 1.82) is 5.26 Å². The van der Waals surface area contributed by atoms with Crippen LogP contribution in [0.25, 0.3) is 0 Å². The molecule has 0 aliphatic carbocycles. The molecule has 1 aliphatic heterocycles. The third-order valence-electron chi connectivity index (χ3n) is 4.21. The van der Waals surface area contributed by atoms with Gasteiger partial charge < -0.3 is 10.1 Å². The Labute approximate surface area is 127 Å². The Morgan fingerprint density at radius 2 is 2.14 bits per heavy atom. The van der Waals surface area contributed by atoms with E-state index in [2.05, 4.69) is 29.3 Å². The minimum absolute atomic E-state index is 0.618. The first kappa shape index (κ1) is 15.8. The van der Waals surface area contributed by atoms with Crippen LogP contribution in [-0.2, 0) is 6.54 Å². The van der Waals surface area contributed by atoms with Gasteiger partial charge in [-0.05, 0) is 56.1 Å². The second-order valence-corrected chi connectivity index (χ2v) is 5.67. The van der Waals surface area contributed by atoms with Crippen molar-refractivity contribution in [3.63, 3.8) is 0 Å². The molecule has 1 aromatic carbocycles. The maximum absolute atomic E-state index is 9.18. The topological polar surface area (TPSA) is 48.3 Å². The van der Waals surface area contributed by atoms with Gasteiger partial charge in [0, 0.05) is 13.1 Å². The molecular weight excluding hydrogens is 262 g/mol. The van der Waals surface area contributed by atoms with Gasteiger partial charge in [-0.3, -0.25) is 4.90 Å². The van der Waals surface area contributed by atoms with Crippen molar-refractivity contribution < 1.29 is 4.74 Å². The van der Waals surface area contributed by atoms with Crippen molar-refractivity contribution in [2.75, 3.05) is 33.3 Å². The highest BCUT2D eigenvalue weighted by molar-refractivity contribution is 5.45. The lowest BCUT2D eigenvalue weighted by molar-refractivity contribution is 0.207. The third kappa shape index (κ3) is 4.45. The first-order chi connectivity index (χ1) is 10.3. The number of nitrogens with zero attached hydrogens (tertiary/aromatic N) is 2. The van der Waals surface area contributed by atoms with E-state index in [9.17, 15) is 5.26 Å². The van der Waals surface area contributed by atoms with Crippen molar-refractivity contribution in [2.24, 2.45) is 5.92 Å². The molecule has 1 fully saturated rings. The summed E-state index contributed by atoms with van der Waals surface area (Å²) in [4.78, 5) is 2.47. The van der Waals surface area contributed by atoms with E-state index in [-0.39, 0.29) is 0 Å². The van der Waals surface area contributed by atoms with Gasteiger partial charge in [-0.15, -0.1) is 0 Å². The molecule has 1 saturated heterocycles. The van der Waals surface area contributed by atoms with E-state index in [0.29, 0.717) is 11.3 Å². The summed E-state index contributed by atoms with van der Waals surface area (Å²) in [6.45, 7) is 7.57. The number of hydrogen-bond acceptors (Lipinski definition) is 4. The van der Waals surface area contributed by atoms with E-state index in [4.69, 9.17) is 4.74 Å². The van der Waals surface area contributed by atoms with Gasteiger partial charge >= 0.3 is 0 Å². The molecule has 1 aliphatic rings. The second-order valence-electron chi connectivity index (χ2n) is 5.67. The molecule has 114 valence electrons. The molecule has 0 radical (unpaired) electrons. The summed E-state index contributed by atoms with van der Waals surface area (Å²) < 4.78 is 5.20. The monoisotopic (exact) mass is 287 g/mol. The fourth-order valence-corrected chi connectivity index (χ4v) is 2.93. The van der Waals surface area contributed by atoms with Crippen molar-refractivity contribution in [3.05, 3.63) is 29.3 Å². The zero-order valence-corrected chi connectivity index (χ0v) is 13.1. The lowest BCUT2D eigenvalue weighted by Crippen LogP contribution is -2.35. The fourth-order valence-electron chi connectivity index (χ4n) is 2.93. The van der Waals surface area contributed by atoms with Gasteiger partial charge in [0.2, 0.25) is 0 Å². The van der Waals surface area contributed by atoms with Gasteiger partial charge in [0.15, 0.2) is 0 Å². The van der Waals surface area contributed by atoms with Gasteiger partial charge in [0.25, 0.3) is 0 Å². The summed E-state index contributed by atoms with van der Waals surface area (Å²) in [6, 6.07) is 8.11. The van der Waals surface area contributed by atoms with Crippen molar-refractivity contribution in [1.82, 2.24) is 10.2 Å². The van der Waals surface area contributed by atoms with Gasteiger partial charge in [-0.25, -0.2) is 0 Å². The largest absolute Gasteiger partial charge is 0.495 e. The van der Waals surface area contributed by atoms with Crippen LogP contribution in [0, 0.1) is 17.2 Å². The van der Waals surface area contributed by atoms with E-state index < -0.39 is 0 Å². The van der Waals surface area contributed by atoms with Gasteiger partial charge in [0.05, 0.1) is 12.7 Å². The molecule has 0 saturated carbocycles. The van der Waals surface area contributed by atoms with Crippen LogP contribution >= 0.6 is 0 Å². The number of hydrogen-bond donors (Lipinski definition) is 1. The van der Waals surface area contributed by atoms with Gasteiger partial charge in [-0.2, -0.15) is 5.26 Å². The van der Waals surface area contributed by atoms with Crippen LogP contribution in [0.3, 0.4) is 0 Å². The number of nitrogens with one attached hydrogen (secondary N) is 1. The van der Waals surface area contributed by atoms with E-state index in [1.54, 1.807) is 7.11 Å². The number of nitriles is 1. The maximum atomic E-state index is 9.18. The first-order valence-corrected chi connectivity index (χ1v) is 7.77. The number of benzene rings is 1. The Balaban J connectivity index is 1.99. The lowest BCUT2D eigenvalue weighted by atomic mass is 9.97. The van der Waals surface area contributed by atoms with Crippen LogP contribution in [-0.4, -0.2) is 38.2 Å². The van der Waals surface area contributed by atoms with Crippen LogP contribution in [0.2, 0.25) is 0 Å². The lowest BCUT2D eigenvalue weighted by Gasteiger charge is -2.29. The summed E-state index contributed by atoms with van der Waals surface area (Å²) in [5.41, 5.74) is 1.80. The highest BCUT2D eigenvalue weighted by Gasteiger charge is 2.16. The number of rotatable bonds is 6. The molecule has 1 heterocycles. The summed E-state index contributed by atoms with van der Waals surface area (Å²) >= 11 is 0. The predicted molar refractivity (Wildman–Crippen MR) is 84.3 cm³/mol. The first-order valence-electron chi connectivity index (χ1n) is 7.77. The fraction of sp³-hybridized carbons (Fsp3) is 0.588. The molecular formula is C17H25N3O. The van der Waals surface area contributed by atoms with Crippen LogP contribution in [0.5, 0.6) is 5.75 Å². The molecule has 2 rings (SSSR count). The Bertz CT molecular complexity index is 489. The van der Waals surface area contributed by atoms with Crippen LogP contribution < -0.4 is 10.1 Å². The standard InChI is InChI=1S/C17H25N3O/c1-3-20(12-14-6-8-19-9-7-14)13-15-4-5-17(21-2)16(10-15)11-18/h4-5,10,14,19H,3,6-9,12-13H2,1-2H3. The third-order valence-corrected chi connectivity index (χ3v) is 4.21. The van der Waals surface area contributed by atoms with Crippen LogP contribution in [0.4, 0.5) is 0 Å². The minimum atomic E-state index is 0.618. The smallest absolute Gasteiger partial charge is 0.136 e. The average molecular weight is 287 g/mol. The molecule has 0 atom stereocenters. The normalized spacial score (nSPS) is 15.9. The molecule has 0 aromatic heterocycles. The number of ether oxygens (including phenoxy) is 1. The molecule has 21 heavy (non-hydrogen) atoms. The zero-order valence-electron chi connectivity index (χ0n) is 13.1. The highest BCUT2D eigenvalue weighted by Crippen LogP contribution is 2.21. The highest BCUT2D eigenvalue weighted by atomic mass is 16.5. The minimum Gasteiger partial charge on any atom is -0.495 e. The van der Waals surface area contributed by atoms with E-state index >= 15 is 0 Å². The number of piperidine rings is 1. The summed E-state index contributed by atoms with van der Waals surface area (Å²) in [5.74, 6) is 1.45. The molecule has 0 spiro atoms. The number of methoxy groups -OCH3 is 1. The molecule has 4 heteroatoms. The Morgan fingerprint density at radius 1 is 1.38 bits per heavy atom. The average Bonchev–Trinajstić information content (AvgIpc) is 2.55. The molecule has 0 unspecified atom stereocenters. The van der Waals surface area contributed by atoms with Crippen LogP contribution in [0.15, 0.2) is 18.2 Å². The van der Waals surface area contributed by atoms with Gasteiger partial charge in [0.1, 0.15) is 11.8 Å². The maximum Gasteiger partial charge on any atom is 0.136 e. The van der Waals surface area contributed by atoms with Crippen LogP contribution in [0.1, 0.15) is 30.9 Å². The van der Waals surface area contributed by atoms with E-state index in [1.807, 2.05) is 12.1 Å². The van der Waals surface area contributed by atoms with Crippen molar-refractivity contribution in [2.45, 2.75) is 26.3 Å². The molecule has 0 bridgehead atoms. The molecule has 1 aromatic rings. The molecule has 1 N–H and O–H groups in total. The predicted octanol–water partition coefficient (Wildman–Crippen LogP) is 2.39. The van der Waals surface area contributed by atoms with Crippen molar-refractivity contribution in [3.8, 4) is 11.8 Å². The van der Waals surface area contributed by atoms with Gasteiger partial charge in [-0.1, -0.05) is 13.0 Å². The zero-order chi connectivity index (χ0) is 15.1. The molecule has 4 nitrogen and oxygen atoms in total. The van der Waals surface area contributed by atoms with E-state index in [1.165, 1.54) is 18.4 Å². The Hall–Kier alpha value is -1.57. The summed E-state index contributed by atoms with van der Waals surface area (Å²) in [5, 5.41) is 12.6. The SMILES string of the molecule is CCN(Cc1ccc(OC)c(C#N)c1)CC1CCNCC1. The Kier molecular flexibility index (Phi) is 6.04. The summed E-state index contributed by atoms with van der Waals surface area (Å²) in [6.07, 6.45) is 2.53. The van der Waals surface area contributed by atoms with E-state index in [0.717, 1.165) is 38.6 Å². The molecule has 0 amide bonds. The second kappa shape index (κ2) is 8.02. The van der Waals surface area contributed by atoms with Crippen molar-refractivity contribution >= 4 is 0 Å². The quantitative estimate of drug-likeness (QED) is 0.873.